The van der Waals surface area contributed by atoms with Crippen molar-refractivity contribution in [2.75, 3.05) is 6.61 Å². The van der Waals surface area contributed by atoms with Gasteiger partial charge < -0.3 is 9.16 Å². The molecule has 0 spiro atoms. The van der Waals surface area contributed by atoms with Crippen LogP contribution in [0.2, 0.25) is 16.6 Å². The smallest absolute Gasteiger partial charge is 0.200 e. The van der Waals surface area contributed by atoms with Gasteiger partial charge in [-0.2, -0.15) is 0 Å². The molecule has 0 aromatic heterocycles. The van der Waals surface area contributed by atoms with Crippen LogP contribution < -0.4 is 0 Å². The highest BCUT2D eigenvalue weighted by atomic mass is 35.5. The fraction of sp³-hybridized carbons (Fsp3) is 1.00. The first-order valence-electron chi connectivity index (χ1n) is 9.71. The zero-order valence-electron chi connectivity index (χ0n) is 16.5. The molecule has 138 valence electrons. The molecule has 1 aliphatic rings. The summed E-state index contributed by atoms with van der Waals surface area (Å²) in [6.45, 7) is 17.0. The molecule has 0 radical (unpaired) electrons. The Hall–Kier alpha value is 0.427. The Kier molecular flexibility index (Phi) is 8.60. The molecule has 0 amide bonds. The molecule has 1 fully saturated rings. The summed E-state index contributed by atoms with van der Waals surface area (Å²) in [4.78, 5) is 0. The average Bonchev–Trinajstić information content (AvgIpc) is 3.09. The first kappa shape index (κ1) is 21.5. The van der Waals surface area contributed by atoms with Crippen molar-refractivity contribution in [3.63, 3.8) is 0 Å². The molecule has 0 saturated carbocycles. The molecule has 0 bridgehead atoms. The van der Waals surface area contributed by atoms with E-state index < -0.39 is 8.32 Å². The van der Waals surface area contributed by atoms with Crippen LogP contribution >= 0.6 is 11.6 Å². The molecule has 23 heavy (non-hydrogen) atoms. The van der Waals surface area contributed by atoms with Gasteiger partial charge in [0, 0.05) is 6.61 Å². The monoisotopic (exact) mass is 362 g/mol. The van der Waals surface area contributed by atoms with Gasteiger partial charge in [-0.1, -0.05) is 79.3 Å². The Balaban J connectivity index is 2.41. The van der Waals surface area contributed by atoms with Crippen molar-refractivity contribution in [1.29, 1.82) is 0 Å². The Morgan fingerprint density at radius 2 is 1.57 bits per heavy atom. The molecular weight excluding hydrogens is 324 g/mol. The standard InChI is InChI=1S/C19H39ClO2Si/c1-8-9-10-11-13-19(20)18(22-19)12-14-21-23(15(2)3,16(4)5)17(6)7/h15-18H,8-14H2,1-7H3/t18-,19-/m1/s1. The minimum absolute atomic E-state index is 0.198. The number of ether oxygens (including phenoxy) is 1. The first-order valence-corrected chi connectivity index (χ1v) is 12.2. The number of epoxide rings is 1. The van der Waals surface area contributed by atoms with Crippen LogP contribution in [0, 0.1) is 0 Å². The summed E-state index contributed by atoms with van der Waals surface area (Å²) >= 11 is 6.56. The normalized spacial score (nSPS) is 24.9. The summed E-state index contributed by atoms with van der Waals surface area (Å²) in [7, 11) is -1.75. The highest BCUT2D eigenvalue weighted by Crippen LogP contribution is 2.48. The molecule has 0 N–H and O–H groups in total. The Labute approximate surface area is 150 Å². The highest BCUT2D eigenvalue weighted by Gasteiger charge is 2.54. The van der Waals surface area contributed by atoms with Gasteiger partial charge in [0.2, 0.25) is 0 Å². The number of hydrogen-bond donors (Lipinski definition) is 0. The van der Waals surface area contributed by atoms with Gasteiger partial charge in [0.15, 0.2) is 13.4 Å². The van der Waals surface area contributed by atoms with Crippen molar-refractivity contribution in [2.45, 2.75) is 115 Å². The largest absolute Gasteiger partial charge is 0.416 e. The maximum Gasteiger partial charge on any atom is 0.200 e. The third-order valence-corrected chi connectivity index (χ3v) is 12.2. The minimum atomic E-state index is -1.75. The number of alkyl halides is 1. The lowest BCUT2D eigenvalue weighted by molar-refractivity contribution is 0.251. The van der Waals surface area contributed by atoms with Gasteiger partial charge in [-0.3, -0.25) is 0 Å². The molecule has 1 heterocycles. The summed E-state index contributed by atoms with van der Waals surface area (Å²) in [5, 5.41) is -0.380. The second-order valence-corrected chi connectivity index (χ2v) is 14.3. The van der Waals surface area contributed by atoms with Gasteiger partial charge in [-0.05, 0) is 35.9 Å². The van der Waals surface area contributed by atoms with Gasteiger partial charge in [0.05, 0.1) is 0 Å². The second-order valence-electron chi connectivity index (χ2n) is 8.16. The van der Waals surface area contributed by atoms with Gasteiger partial charge in [0.1, 0.15) is 6.10 Å². The number of rotatable bonds is 12. The number of hydrogen-bond acceptors (Lipinski definition) is 2. The molecular formula is C19H39ClO2Si. The highest BCUT2D eigenvalue weighted by molar-refractivity contribution is 6.77. The van der Waals surface area contributed by atoms with Crippen molar-refractivity contribution in [3.8, 4) is 0 Å². The number of unbranched alkanes of at least 4 members (excludes halogenated alkanes) is 3. The van der Waals surface area contributed by atoms with Crippen LogP contribution in [0.25, 0.3) is 0 Å². The topological polar surface area (TPSA) is 21.8 Å². The summed E-state index contributed by atoms with van der Waals surface area (Å²) < 4.78 is 12.4. The first-order chi connectivity index (χ1) is 10.7. The SMILES string of the molecule is CCCCCC[C@@]1(Cl)O[C@@H]1CCO[Si](C(C)C)(C(C)C)C(C)C. The van der Waals surface area contributed by atoms with Gasteiger partial charge >= 0.3 is 0 Å². The predicted molar refractivity (Wildman–Crippen MR) is 104 cm³/mol. The van der Waals surface area contributed by atoms with E-state index in [0.29, 0.717) is 16.6 Å². The second kappa shape index (κ2) is 9.21. The molecule has 1 aliphatic heterocycles. The Morgan fingerprint density at radius 3 is 2.04 bits per heavy atom. The molecule has 2 nitrogen and oxygen atoms in total. The van der Waals surface area contributed by atoms with Crippen molar-refractivity contribution >= 4 is 19.9 Å². The maximum atomic E-state index is 6.60. The van der Waals surface area contributed by atoms with E-state index in [1.165, 1.54) is 25.7 Å². The van der Waals surface area contributed by atoms with Crippen LogP contribution in [-0.4, -0.2) is 26.1 Å². The molecule has 1 saturated heterocycles. The lowest BCUT2D eigenvalue weighted by Gasteiger charge is -2.42. The Bertz CT molecular complexity index is 324. The van der Waals surface area contributed by atoms with E-state index in [2.05, 4.69) is 48.5 Å². The molecule has 1 rings (SSSR count). The zero-order valence-corrected chi connectivity index (χ0v) is 18.2. The van der Waals surface area contributed by atoms with Gasteiger partial charge in [-0.25, -0.2) is 0 Å². The van der Waals surface area contributed by atoms with Crippen LogP contribution in [0.3, 0.4) is 0 Å². The van der Waals surface area contributed by atoms with E-state index in [0.717, 1.165) is 19.4 Å². The molecule has 2 atom stereocenters. The summed E-state index contributed by atoms with van der Waals surface area (Å²) in [6.07, 6.45) is 7.13. The van der Waals surface area contributed by atoms with Crippen molar-refractivity contribution < 1.29 is 9.16 Å². The predicted octanol–water partition coefficient (Wildman–Crippen LogP) is 6.87. The lowest BCUT2D eigenvalue weighted by Crippen LogP contribution is -2.48. The quantitative estimate of drug-likeness (QED) is 0.163. The molecule has 0 aromatic carbocycles. The van der Waals surface area contributed by atoms with Crippen LogP contribution in [0.1, 0.15) is 87.0 Å². The zero-order chi connectivity index (χ0) is 17.7. The molecule has 4 heteroatoms. The summed E-state index contributed by atoms with van der Waals surface area (Å²) in [6, 6.07) is 0. The maximum absolute atomic E-state index is 6.60. The van der Waals surface area contributed by atoms with E-state index in [1.807, 2.05) is 0 Å². The molecule has 0 unspecified atom stereocenters. The van der Waals surface area contributed by atoms with Crippen molar-refractivity contribution in [1.82, 2.24) is 0 Å². The number of halogens is 1. The van der Waals surface area contributed by atoms with Crippen molar-refractivity contribution in [3.05, 3.63) is 0 Å². The van der Waals surface area contributed by atoms with E-state index in [1.54, 1.807) is 0 Å². The Morgan fingerprint density at radius 1 is 1.00 bits per heavy atom. The minimum Gasteiger partial charge on any atom is -0.416 e. The fourth-order valence-electron chi connectivity index (χ4n) is 4.33. The van der Waals surface area contributed by atoms with Crippen molar-refractivity contribution in [2.24, 2.45) is 0 Å². The van der Waals surface area contributed by atoms with Crippen LogP contribution in [-0.2, 0) is 9.16 Å². The van der Waals surface area contributed by atoms with Crippen LogP contribution in [0.4, 0.5) is 0 Å². The average molecular weight is 363 g/mol. The van der Waals surface area contributed by atoms with Crippen LogP contribution in [0.5, 0.6) is 0 Å². The molecule has 0 aromatic rings. The van der Waals surface area contributed by atoms with E-state index in [-0.39, 0.29) is 11.2 Å². The van der Waals surface area contributed by atoms with Gasteiger partial charge in [0.25, 0.3) is 0 Å². The third-order valence-electron chi connectivity index (χ3n) is 5.57. The molecule has 0 aliphatic carbocycles. The summed E-state index contributed by atoms with van der Waals surface area (Å²) in [5.41, 5.74) is 1.91. The third kappa shape index (κ3) is 5.45. The van der Waals surface area contributed by atoms with E-state index in [4.69, 9.17) is 20.8 Å². The van der Waals surface area contributed by atoms with E-state index >= 15 is 0 Å². The summed E-state index contributed by atoms with van der Waals surface area (Å²) in [5.74, 6) is 0. The lowest BCUT2D eigenvalue weighted by atomic mass is 10.1. The van der Waals surface area contributed by atoms with Gasteiger partial charge in [-0.15, -0.1) is 0 Å². The van der Waals surface area contributed by atoms with E-state index in [9.17, 15) is 0 Å². The van der Waals surface area contributed by atoms with Crippen LogP contribution in [0.15, 0.2) is 0 Å². The fourth-order valence-corrected chi connectivity index (χ4v) is 10.2.